The van der Waals surface area contributed by atoms with Crippen molar-refractivity contribution in [3.63, 3.8) is 0 Å². The maximum absolute atomic E-state index is 12.6. The van der Waals surface area contributed by atoms with Crippen LogP contribution in [0.2, 0.25) is 0 Å². The predicted octanol–water partition coefficient (Wildman–Crippen LogP) is 1.03. The molecule has 2 amide bonds. The Bertz CT molecular complexity index is 794. The Hall–Kier alpha value is -2.67. The number of hydrogen-bond acceptors (Lipinski definition) is 4. The molecule has 0 spiro atoms. The number of rotatable bonds is 3. The molecule has 1 aromatic carbocycles. The molecular formula is C17H19N5O2. The summed E-state index contributed by atoms with van der Waals surface area (Å²) in [6.45, 7) is 4.01. The van der Waals surface area contributed by atoms with E-state index in [1.54, 1.807) is 4.90 Å². The smallest absolute Gasteiger partial charge is 0.244 e. The first kappa shape index (κ1) is 14.9. The molecule has 0 unspecified atom stereocenters. The van der Waals surface area contributed by atoms with Crippen LogP contribution in [-0.2, 0) is 9.59 Å². The van der Waals surface area contributed by atoms with E-state index in [0.29, 0.717) is 18.3 Å². The fourth-order valence-corrected chi connectivity index (χ4v) is 3.20. The summed E-state index contributed by atoms with van der Waals surface area (Å²) in [6, 6.07) is 7.71. The molecular weight excluding hydrogens is 306 g/mol. The highest BCUT2D eigenvalue weighted by Crippen LogP contribution is 2.29. The summed E-state index contributed by atoms with van der Waals surface area (Å²) in [7, 11) is 0. The van der Waals surface area contributed by atoms with Crippen LogP contribution in [0.25, 0.3) is 0 Å². The van der Waals surface area contributed by atoms with E-state index in [-0.39, 0.29) is 18.4 Å². The minimum Gasteiger partial charge on any atom is -0.323 e. The van der Waals surface area contributed by atoms with Gasteiger partial charge < -0.3 is 5.32 Å². The lowest BCUT2D eigenvalue weighted by molar-refractivity contribution is -0.123. The lowest BCUT2D eigenvalue weighted by Crippen LogP contribution is -2.53. The summed E-state index contributed by atoms with van der Waals surface area (Å²) in [5.74, 6) is -0.206. The summed E-state index contributed by atoms with van der Waals surface area (Å²) in [6.07, 6.45) is 3.87. The minimum atomic E-state index is -0.157. The number of nitrogens with one attached hydrogen (secondary N) is 1. The van der Waals surface area contributed by atoms with Gasteiger partial charge in [-0.3, -0.25) is 24.1 Å². The summed E-state index contributed by atoms with van der Waals surface area (Å²) in [4.78, 5) is 28.1. The van der Waals surface area contributed by atoms with Gasteiger partial charge in [-0.15, -0.1) is 0 Å². The van der Waals surface area contributed by atoms with Crippen LogP contribution in [0.1, 0.15) is 11.6 Å². The van der Waals surface area contributed by atoms with Crippen LogP contribution in [-0.4, -0.2) is 52.7 Å². The molecule has 7 heteroatoms. The highest BCUT2D eigenvalue weighted by molar-refractivity contribution is 6.10. The van der Waals surface area contributed by atoms with Crippen molar-refractivity contribution in [2.75, 3.05) is 36.4 Å². The van der Waals surface area contributed by atoms with Gasteiger partial charge in [-0.2, -0.15) is 5.10 Å². The maximum atomic E-state index is 12.6. The van der Waals surface area contributed by atoms with Crippen molar-refractivity contribution in [1.29, 1.82) is 0 Å². The number of amides is 2. The van der Waals surface area contributed by atoms with Gasteiger partial charge in [0.2, 0.25) is 11.8 Å². The molecule has 2 aliphatic heterocycles. The third kappa shape index (κ3) is 2.67. The van der Waals surface area contributed by atoms with Crippen molar-refractivity contribution in [1.82, 2.24) is 14.7 Å². The molecule has 1 saturated heterocycles. The van der Waals surface area contributed by atoms with Gasteiger partial charge in [-0.25, -0.2) is 0 Å². The molecule has 4 rings (SSSR count). The summed E-state index contributed by atoms with van der Waals surface area (Å²) in [5, 5.41) is 7.12. The molecule has 124 valence electrons. The molecule has 7 nitrogen and oxygen atoms in total. The largest absolute Gasteiger partial charge is 0.323 e. The molecule has 1 fully saturated rings. The Morgan fingerprint density at radius 2 is 2.12 bits per heavy atom. The zero-order valence-electron chi connectivity index (χ0n) is 13.5. The summed E-state index contributed by atoms with van der Waals surface area (Å²) >= 11 is 0. The second-order valence-electron chi connectivity index (χ2n) is 6.39. The first-order valence-corrected chi connectivity index (χ1v) is 8.02. The average molecular weight is 325 g/mol. The number of nitrogens with zero attached hydrogens (tertiary/aromatic N) is 4. The zero-order chi connectivity index (χ0) is 16.7. The Morgan fingerprint density at radius 3 is 2.88 bits per heavy atom. The predicted molar refractivity (Wildman–Crippen MR) is 89.9 cm³/mol. The molecule has 24 heavy (non-hydrogen) atoms. The Labute approximate surface area is 139 Å². The molecule has 1 aromatic heterocycles. The summed E-state index contributed by atoms with van der Waals surface area (Å²) in [5.41, 5.74) is 2.60. The van der Waals surface area contributed by atoms with E-state index in [0.717, 1.165) is 24.3 Å². The van der Waals surface area contributed by atoms with Crippen molar-refractivity contribution in [3.8, 4) is 0 Å². The first-order valence-electron chi connectivity index (χ1n) is 8.02. The fourth-order valence-electron chi connectivity index (χ4n) is 3.20. The lowest BCUT2D eigenvalue weighted by atomic mass is 10.1. The van der Waals surface area contributed by atoms with E-state index in [4.69, 9.17) is 0 Å². The van der Waals surface area contributed by atoms with Gasteiger partial charge in [0.25, 0.3) is 0 Å². The molecule has 3 heterocycles. The molecule has 1 N–H and O–H groups in total. The lowest BCUT2D eigenvalue weighted by Gasteiger charge is -2.40. The second kappa shape index (κ2) is 5.76. The Kier molecular flexibility index (Phi) is 3.57. The number of anilines is 2. The topological polar surface area (TPSA) is 70.5 Å². The van der Waals surface area contributed by atoms with Crippen LogP contribution < -0.4 is 10.2 Å². The van der Waals surface area contributed by atoms with E-state index in [1.165, 1.54) is 0 Å². The first-order chi connectivity index (χ1) is 11.6. The van der Waals surface area contributed by atoms with Crippen LogP contribution in [0, 0.1) is 6.92 Å². The molecule has 0 bridgehead atoms. The fraction of sp³-hybridized carbons (Fsp3) is 0.353. The standard InChI is InChI=1S/C17H19N5O2/c1-12-6-18-22(7-12)13-8-20(9-13)11-17(24)21-10-16(23)19-14-4-2-3-5-15(14)21/h2-7,13H,8-11H2,1H3,(H,19,23). The Morgan fingerprint density at radius 1 is 1.33 bits per heavy atom. The van der Waals surface area contributed by atoms with Crippen molar-refractivity contribution < 1.29 is 9.59 Å². The number of carbonyl (C=O) groups is 2. The van der Waals surface area contributed by atoms with Crippen LogP contribution >= 0.6 is 0 Å². The van der Waals surface area contributed by atoms with Crippen molar-refractivity contribution >= 4 is 23.2 Å². The van der Waals surface area contributed by atoms with Crippen molar-refractivity contribution in [2.45, 2.75) is 13.0 Å². The number of aryl methyl sites for hydroxylation is 1. The minimum absolute atomic E-state index is 0.0487. The molecule has 0 atom stereocenters. The van der Waals surface area contributed by atoms with E-state index < -0.39 is 0 Å². The SMILES string of the molecule is Cc1cnn(C2CN(CC(=O)N3CC(=O)Nc4ccccc43)C2)c1. The van der Waals surface area contributed by atoms with Gasteiger partial charge in [0.05, 0.1) is 30.2 Å². The van der Waals surface area contributed by atoms with Gasteiger partial charge in [0.15, 0.2) is 0 Å². The molecule has 2 aromatic rings. The van der Waals surface area contributed by atoms with Crippen LogP contribution in [0.4, 0.5) is 11.4 Å². The van der Waals surface area contributed by atoms with Gasteiger partial charge in [-0.05, 0) is 24.6 Å². The average Bonchev–Trinajstić information content (AvgIpc) is 2.95. The van der Waals surface area contributed by atoms with E-state index in [9.17, 15) is 9.59 Å². The number of benzene rings is 1. The highest BCUT2D eigenvalue weighted by atomic mass is 16.2. The third-order valence-corrected chi connectivity index (χ3v) is 4.47. The number of likely N-dealkylation sites (tertiary alicyclic amines) is 1. The molecule has 0 radical (unpaired) electrons. The number of para-hydroxylation sites is 2. The second-order valence-corrected chi connectivity index (χ2v) is 6.39. The number of aromatic nitrogens is 2. The number of carbonyl (C=O) groups excluding carboxylic acids is 2. The van der Waals surface area contributed by atoms with Gasteiger partial charge in [0.1, 0.15) is 6.54 Å². The number of fused-ring (bicyclic) bond motifs is 1. The van der Waals surface area contributed by atoms with Crippen LogP contribution in [0.3, 0.4) is 0 Å². The van der Waals surface area contributed by atoms with Crippen LogP contribution in [0.5, 0.6) is 0 Å². The van der Waals surface area contributed by atoms with E-state index in [2.05, 4.69) is 15.3 Å². The van der Waals surface area contributed by atoms with Gasteiger partial charge in [0, 0.05) is 19.3 Å². The van der Waals surface area contributed by atoms with Gasteiger partial charge in [-0.1, -0.05) is 12.1 Å². The van der Waals surface area contributed by atoms with Gasteiger partial charge >= 0.3 is 0 Å². The highest BCUT2D eigenvalue weighted by Gasteiger charge is 2.33. The van der Waals surface area contributed by atoms with Crippen molar-refractivity contribution in [2.24, 2.45) is 0 Å². The maximum Gasteiger partial charge on any atom is 0.244 e. The zero-order valence-corrected chi connectivity index (χ0v) is 13.5. The van der Waals surface area contributed by atoms with Crippen molar-refractivity contribution in [3.05, 3.63) is 42.2 Å². The third-order valence-electron chi connectivity index (χ3n) is 4.47. The molecule has 2 aliphatic rings. The summed E-state index contributed by atoms with van der Waals surface area (Å²) < 4.78 is 1.96. The Balaban J connectivity index is 1.40. The van der Waals surface area contributed by atoms with E-state index >= 15 is 0 Å². The monoisotopic (exact) mass is 325 g/mol. The quantitative estimate of drug-likeness (QED) is 0.915. The van der Waals surface area contributed by atoms with E-state index in [1.807, 2.05) is 48.3 Å². The molecule has 0 saturated carbocycles. The van der Waals surface area contributed by atoms with Crippen LogP contribution in [0.15, 0.2) is 36.7 Å². The number of hydrogen-bond donors (Lipinski definition) is 1. The molecule has 0 aliphatic carbocycles. The normalized spacial score (nSPS) is 18.0.